The van der Waals surface area contributed by atoms with Gasteiger partial charge in [-0.05, 0) is 17.4 Å². The van der Waals surface area contributed by atoms with Gasteiger partial charge in [-0.3, -0.25) is 10.1 Å². The number of nitrogens with one attached hydrogen (secondary N) is 1. The first kappa shape index (κ1) is 15.2. The Bertz CT molecular complexity index is 549. The van der Waals surface area contributed by atoms with E-state index in [1.54, 1.807) is 22.7 Å². The molecule has 0 amide bonds. The normalized spacial score (nSPS) is 12.6. The predicted octanol–water partition coefficient (Wildman–Crippen LogP) is 3.16. The fraction of sp³-hybridized carbons (Fsp3) is 0.429. The Morgan fingerprint density at radius 3 is 2.85 bits per heavy atom. The van der Waals surface area contributed by atoms with E-state index in [9.17, 15) is 4.79 Å². The van der Waals surface area contributed by atoms with Gasteiger partial charge in [0.2, 0.25) is 0 Å². The van der Waals surface area contributed by atoms with Crippen molar-refractivity contribution in [3.63, 3.8) is 0 Å². The summed E-state index contributed by atoms with van der Waals surface area (Å²) in [7, 11) is 1.41. The molecule has 2 heterocycles. The van der Waals surface area contributed by atoms with Crippen molar-refractivity contribution in [3.8, 4) is 10.6 Å². The van der Waals surface area contributed by atoms with Crippen LogP contribution in [0.2, 0.25) is 0 Å². The topological polar surface area (TPSA) is 51.2 Å². The van der Waals surface area contributed by atoms with Crippen LogP contribution in [-0.4, -0.2) is 24.1 Å². The van der Waals surface area contributed by atoms with Gasteiger partial charge in [0.15, 0.2) is 0 Å². The molecule has 0 aromatic carbocycles. The van der Waals surface area contributed by atoms with Crippen molar-refractivity contribution in [1.82, 2.24) is 10.3 Å². The van der Waals surface area contributed by atoms with Gasteiger partial charge in [0, 0.05) is 22.9 Å². The molecule has 6 heteroatoms. The Balaban J connectivity index is 1.98. The number of methoxy groups -OCH3 is 1. The summed E-state index contributed by atoms with van der Waals surface area (Å²) >= 11 is 3.28. The van der Waals surface area contributed by atoms with Gasteiger partial charge in [-0.1, -0.05) is 13.8 Å². The highest BCUT2D eigenvalue weighted by Crippen LogP contribution is 2.25. The second-order valence-corrected chi connectivity index (χ2v) is 6.42. The average Bonchev–Trinajstić information content (AvgIpc) is 3.08. The number of hydrogen-bond acceptors (Lipinski definition) is 6. The number of hydrogen-bond donors (Lipinski definition) is 1. The van der Waals surface area contributed by atoms with Crippen LogP contribution in [0.5, 0.6) is 0 Å². The maximum atomic E-state index is 11.7. The van der Waals surface area contributed by atoms with E-state index < -0.39 is 0 Å². The number of rotatable bonds is 6. The maximum absolute atomic E-state index is 11.7. The number of carbonyl (C=O) groups is 1. The number of thiophene rings is 1. The van der Waals surface area contributed by atoms with Gasteiger partial charge in [0.25, 0.3) is 0 Å². The van der Waals surface area contributed by atoms with Gasteiger partial charge in [-0.25, -0.2) is 4.98 Å². The lowest BCUT2D eigenvalue weighted by Crippen LogP contribution is -2.41. The average molecular weight is 310 g/mol. The number of aromatic nitrogens is 1. The van der Waals surface area contributed by atoms with Crippen LogP contribution in [0.1, 0.15) is 19.5 Å². The van der Waals surface area contributed by atoms with Crippen LogP contribution < -0.4 is 5.32 Å². The summed E-state index contributed by atoms with van der Waals surface area (Å²) in [5.41, 5.74) is 2.10. The van der Waals surface area contributed by atoms with E-state index in [1.807, 2.05) is 24.6 Å². The fourth-order valence-corrected chi connectivity index (χ4v) is 3.37. The minimum Gasteiger partial charge on any atom is -0.468 e. The zero-order valence-electron chi connectivity index (χ0n) is 11.8. The summed E-state index contributed by atoms with van der Waals surface area (Å²) in [6.07, 6.45) is 0. The third kappa shape index (κ3) is 3.65. The molecule has 1 unspecified atom stereocenters. The van der Waals surface area contributed by atoms with Crippen LogP contribution in [0.25, 0.3) is 10.6 Å². The molecule has 0 bridgehead atoms. The maximum Gasteiger partial charge on any atom is 0.323 e. The Hall–Kier alpha value is -1.24. The van der Waals surface area contributed by atoms with Crippen molar-refractivity contribution in [2.45, 2.75) is 26.4 Å². The molecule has 0 spiro atoms. The van der Waals surface area contributed by atoms with Crippen LogP contribution in [-0.2, 0) is 16.1 Å². The van der Waals surface area contributed by atoms with E-state index in [4.69, 9.17) is 4.74 Å². The summed E-state index contributed by atoms with van der Waals surface area (Å²) in [6, 6.07) is 1.76. The quantitative estimate of drug-likeness (QED) is 0.833. The molecule has 2 rings (SSSR count). The summed E-state index contributed by atoms with van der Waals surface area (Å²) in [6.45, 7) is 4.55. The molecule has 1 N–H and O–H groups in total. The standard InChI is InChI=1S/C14H18N2O2S2/c1-9(2)12(14(17)18-3)15-6-11-8-20-13(16-11)10-4-5-19-7-10/h4-5,7-9,12,15H,6H2,1-3H3. The molecule has 0 saturated carbocycles. The molecule has 0 aliphatic heterocycles. The van der Waals surface area contributed by atoms with E-state index in [0.29, 0.717) is 6.54 Å². The molecule has 1 atom stereocenters. The number of thiazole rings is 1. The Morgan fingerprint density at radius 1 is 1.45 bits per heavy atom. The van der Waals surface area contributed by atoms with Crippen molar-refractivity contribution >= 4 is 28.6 Å². The molecule has 0 aliphatic rings. The highest BCUT2D eigenvalue weighted by atomic mass is 32.1. The van der Waals surface area contributed by atoms with Crippen LogP contribution in [0.3, 0.4) is 0 Å². The lowest BCUT2D eigenvalue weighted by molar-refractivity contribution is -0.144. The second kappa shape index (κ2) is 6.97. The first-order valence-electron chi connectivity index (χ1n) is 6.40. The van der Waals surface area contributed by atoms with Crippen molar-refractivity contribution in [3.05, 3.63) is 27.9 Å². The predicted molar refractivity (Wildman–Crippen MR) is 82.9 cm³/mol. The third-order valence-corrected chi connectivity index (χ3v) is 4.57. The van der Waals surface area contributed by atoms with Gasteiger partial charge < -0.3 is 4.74 Å². The van der Waals surface area contributed by atoms with E-state index in [-0.39, 0.29) is 17.9 Å². The zero-order chi connectivity index (χ0) is 14.5. The zero-order valence-corrected chi connectivity index (χ0v) is 13.4. The van der Waals surface area contributed by atoms with Crippen molar-refractivity contribution < 1.29 is 9.53 Å². The number of nitrogens with zero attached hydrogens (tertiary/aromatic N) is 1. The molecular weight excluding hydrogens is 292 g/mol. The van der Waals surface area contributed by atoms with Crippen molar-refractivity contribution in [2.24, 2.45) is 5.92 Å². The lowest BCUT2D eigenvalue weighted by Gasteiger charge is -2.19. The highest BCUT2D eigenvalue weighted by Gasteiger charge is 2.22. The summed E-state index contributed by atoms with van der Waals surface area (Å²) in [5, 5.41) is 10.4. The molecule has 20 heavy (non-hydrogen) atoms. The van der Waals surface area contributed by atoms with Crippen molar-refractivity contribution in [2.75, 3.05) is 7.11 Å². The van der Waals surface area contributed by atoms with Gasteiger partial charge in [0.05, 0.1) is 12.8 Å². The van der Waals surface area contributed by atoms with E-state index in [2.05, 4.69) is 21.7 Å². The molecular formula is C14H18N2O2S2. The molecule has 0 saturated heterocycles. The smallest absolute Gasteiger partial charge is 0.323 e. The minimum absolute atomic E-state index is 0.178. The molecule has 0 fully saturated rings. The van der Waals surface area contributed by atoms with Crippen LogP contribution in [0.4, 0.5) is 0 Å². The summed E-state index contributed by atoms with van der Waals surface area (Å²) in [5.74, 6) is -0.0503. The first-order chi connectivity index (χ1) is 9.61. The number of esters is 1. The summed E-state index contributed by atoms with van der Waals surface area (Å²) in [4.78, 5) is 16.2. The van der Waals surface area contributed by atoms with Crippen molar-refractivity contribution in [1.29, 1.82) is 0 Å². The Morgan fingerprint density at radius 2 is 2.25 bits per heavy atom. The second-order valence-electron chi connectivity index (χ2n) is 4.78. The van der Waals surface area contributed by atoms with Gasteiger partial charge in [0.1, 0.15) is 11.0 Å². The fourth-order valence-electron chi connectivity index (χ4n) is 1.84. The van der Waals surface area contributed by atoms with E-state index >= 15 is 0 Å². The molecule has 4 nitrogen and oxygen atoms in total. The molecule has 108 valence electrons. The Kier molecular flexibility index (Phi) is 5.28. The number of carbonyl (C=O) groups excluding carboxylic acids is 1. The Labute approximate surface area is 126 Å². The van der Waals surface area contributed by atoms with E-state index in [0.717, 1.165) is 16.3 Å². The lowest BCUT2D eigenvalue weighted by atomic mass is 10.0. The van der Waals surface area contributed by atoms with Gasteiger partial charge >= 0.3 is 5.97 Å². The van der Waals surface area contributed by atoms with Crippen LogP contribution in [0, 0.1) is 5.92 Å². The number of ether oxygens (including phenoxy) is 1. The highest BCUT2D eigenvalue weighted by molar-refractivity contribution is 7.14. The summed E-state index contributed by atoms with van der Waals surface area (Å²) < 4.78 is 4.81. The molecule has 0 radical (unpaired) electrons. The minimum atomic E-state index is -0.300. The van der Waals surface area contributed by atoms with Crippen LogP contribution >= 0.6 is 22.7 Å². The van der Waals surface area contributed by atoms with Crippen LogP contribution in [0.15, 0.2) is 22.2 Å². The van der Waals surface area contributed by atoms with E-state index in [1.165, 1.54) is 7.11 Å². The molecule has 0 aliphatic carbocycles. The largest absolute Gasteiger partial charge is 0.468 e. The molecule has 2 aromatic rings. The third-order valence-electron chi connectivity index (χ3n) is 2.94. The van der Waals surface area contributed by atoms with Gasteiger partial charge in [-0.2, -0.15) is 11.3 Å². The first-order valence-corrected chi connectivity index (χ1v) is 8.22. The SMILES string of the molecule is COC(=O)C(NCc1csc(-c2ccsc2)n1)C(C)C. The van der Waals surface area contributed by atoms with Gasteiger partial charge in [-0.15, -0.1) is 11.3 Å². The monoisotopic (exact) mass is 310 g/mol. The molecule has 2 aromatic heterocycles.